The van der Waals surface area contributed by atoms with Crippen LogP contribution in [-0.2, 0) is 6.54 Å². The minimum absolute atomic E-state index is 0.297. The van der Waals surface area contributed by atoms with Crippen LogP contribution in [-0.4, -0.2) is 15.7 Å². The van der Waals surface area contributed by atoms with Crippen LogP contribution in [0.1, 0.15) is 21.5 Å². The average Bonchev–Trinajstić information content (AvgIpc) is 3.05. The van der Waals surface area contributed by atoms with E-state index in [-0.39, 0.29) is 5.91 Å². The third kappa shape index (κ3) is 3.45. The fourth-order valence-electron chi connectivity index (χ4n) is 2.29. The summed E-state index contributed by atoms with van der Waals surface area (Å²) < 4.78 is 15.0. The maximum absolute atomic E-state index is 13.3. The zero-order chi connectivity index (χ0) is 16.2. The molecule has 1 aromatic heterocycles. The van der Waals surface area contributed by atoms with E-state index >= 15 is 0 Å². The van der Waals surface area contributed by atoms with Gasteiger partial charge in [0.15, 0.2) is 0 Å². The number of hydrogen-bond acceptors (Lipinski definition) is 2. The molecule has 0 aliphatic heterocycles. The summed E-state index contributed by atoms with van der Waals surface area (Å²) >= 11 is 0. The van der Waals surface area contributed by atoms with Crippen LogP contribution in [0.15, 0.2) is 60.9 Å². The van der Waals surface area contributed by atoms with Gasteiger partial charge in [0.05, 0.1) is 11.9 Å². The summed E-state index contributed by atoms with van der Waals surface area (Å²) in [6.45, 7) is 2.11. The summed E-state index contributed by atoms with van der Waals surface area (Å²) in [5.74, 6) is -0.716. The lowest BCUT2D eigenvalue weighted by Crippen LogP contribution is -2.23. The van der Waals surface area contributed by atoms with E-state index in [9.17, 15) is 9.18 Å². The highest BCUT2D eigenvalue weighted by atomic mass is 19.1. The van der Waals surface area contributed by atoms with E-state index in [0.717, 1.165) is 16.8 Å². The highest BCUT2D eigenvalue weighted by molar-refractivity contribution is 5.95. The number of benzene rings is 2. The third-order valence-corrected chi connectivity index (χ3v) is 3.55. The normalized spacial score (nSPS) is 10.5. The zero-order valence-electron chi connectivity index (χ0n) is 12.7. The van der Waals surface area contributed by atoms with E-state index in [1.54, 1.807) is 23.9 Å². The van der Waals surface area contributed by atoms with Crippen LogP contribution >= 0.6 is 0 Å². The number of nitrogens with one attached hydrogen (secondary N) is 1. The second-order valence-corrected chi connectivity index (χ2v) is 5.27. The molecule has 0 fully saturated rings. The number of amides is 1. The predicted octanol–water partition coefficient (Wildman–Crippen LogP) is 3.25. The van der Waals surface area contributed by atoms with Crippen molar-refractivity contribution in [3.8, 4) is 5.69 Å². The molecule has 116 valence electrons. The minimum atomic E-state index is -0.419. The van der Waals surface area contributed by atoms with Crippen molar-refractivity contribution < 1.29 is 9.18 Å². The Morgan fingerprint density at radius 2 is 2.00 bits per heavy atom. The number of para-hydroxylation sites is 1. The van der Waals surface area contributed by atoms with Crippen molar-refractivity contribution in [2.45, 2.75) is 13.5 Å². The maximum Gasteiger partial charge on any atom is 0.251 e. The highest BCUT2D eigenvalue weighted by Gasteiger charge is 2.10. The maximum atomic E-state index is 13.3. The first-order valence-corrected chi connectivity index (χ1v) is 7.27. The van der Waals surface area contributed by atoms with Crippen LogP contribution in [0.25, 0.3) is 5.69 Å². The van der Waals surface area contributed by atoms with E-state index in [1.165, 1.54) is 12.1 Å². The largest absolute Gasteiger partial charge is 0.348 e. The number of aromatic nitrogens is 2. The van der Waals surface area contributed by atoms with Crippen molar-refractivity contribution in [2.24, 2.45) is 0 Å². The quantitative estimate of drug-likeness (QED) is 0.804. The molecule has 5 heteroatoms. The van der Waals surface area contributed by atoms with Gasteiger partial charge in [0.25, 0.3) is 5.91 Å². The molecular formula is C18H16FN3O. The summed E-state index contributed by atoms with van der Waals surface area (Å²) in [5.41, 5.74) is 2.91. The van der Waals surface area contributed by atoms with E-state index in [1.807, 2.05) is 36.5 Å². The van der Waals surface area contributed by atoms with Crippen molar-refractivity contribution in [3.63, 3.8) is 0 Å². The Morgan fingerprint density at radius 3 is 2.78 bits per heavy atom. The predicted molar refractivity (Wildman–Crippen MR) is 85.9 cm³/mol. The Kier molecular flexibility index (Phi) is 4.19. The van der Waals surface area contributed by atoms with Gasteiger partial charge < -0.3 is 5.32 Å². The number of aryl methyl sites for hydroxylation is 1. The number of hydrogen-bond donors (Lipinski definition) is 1. The summed E-state index contributed by atoms with van der Waals surface area (Å²) in [7, 11) is 0. The van der Waals surface area contributed by atoms with Gasteiger partial charge in [-0.05, 0) is 36.8 Å². The van der Waals surface area contributed by atoms with Gasteiger partial charge in [-0.2, -0.15) is 5.10 Å². The van der Waals surface area contributed by atoms with E-state index < -0.39 is 5.82 Å². The van der Waals surface area contributed by atoms with Gasteiger partial charge in [-0.1, -0.05) is 24.3 Å². The lowest BCUT2D eigenvalue weighted by Gasteiger charge is -2.06. The van der Waals surface area contributed by atoms with Gasteiger partial charge >= 0.3 is 0 Å². The molecule has 3 rings (SSSR count). The van der Waals surface area contributed by atoms with Gasteiger partial charge in [0.2, 0.25) is 0 Å². The molecule has 1 heterocycles. The molecule has 3 aromatic rings. The molecular weight excluding hydrogens is 293 g/mol. The Labute approximate surface area is 133 Å². The average molecular weight is 309 g/mol. The number of rotatable bonds is 4. The fraction of sp³-hybridized carbons (Fsp3) is 0.111. The molecule has 0 atom stereocenters. The number of carbonyl (C=O) groups excluding carboxylic acids is 1. The second kappa shape index (κ2) is 6.44. The van der Waals surface area contributed by atoms with Crippen LogP contribution in [0.5, 0.6) is 0 Å². The molecule has 23 heavy (non-hydrogen) atoms. The molecule has 0 saturated carbocycles. The molecule has 1 amide bonds. The van der Waals surface area contributed by atoms with Crippen LogP contribution in [0.3, 0.4) is 0 Å². The topological polar surface area (TPSA) is 46.9 Å². The zero-order valence-corrected chi connectivity index (χ0v) is 12.7. The lowest BCUT2D eigenvalue weighted by molar-refractivity contribution is 0.0950. The van der Waals surface area contributed by atoms with Gasteiger partial charge in [-0.15, -0.1) is 0 Å². The summed E-state index contributed by atoms with van der Waals surface area (Å²) in [4.78, 5) is 12.2. The Balaban J connectivity index is 1.68. The first-order valence-electron chi connectivity index (χ1n) is 7.27. The van der Waals surface area contributed by atoms with E-state index in [2.05, 4.69) is 10.4 Å². The van der Waals surface area contributed by atoms with Gasteiger partial charge in [-0.3, -0.25) is 4.79 Å². The minimum Gasteiger partial charge on any atom is -0.348 e. The molecule has 4 nitrogen and oxygen atoms in total. The number of carbonyl (C=O) groups is 1. The molecule has 0 aliphatic rings. The van der Waals surface area contributed by atoms with Crippen molar-refractivity contribution in [1.82, 2.24) is 15.1 Å². The molecule has 2 aromatic carbocycles. The first-order chi connectivity index (χ1) is 11.1. The molecule has 0 bridgehead atoms. The van der Waals surface area contributed by atoms with Crippen LogP contribution in [0, 0.1) is 12.7 Å². The molecule has 0 aliphatic carbocycles. The number of halogens is 1. The highest BCUT2D eigenvalue weighted by Crippen LogP contribution is 2.11. The van der Waals surface area contributed by atoms with Crippen LogP contribution in [0.2, 0.25) is 0 Å². The second-order valence-electron chi connectivity index (χ2n) is 5.27. The molecule has 0 spiro atoms. The fourth-order valence-corrected chi connectivity index (χ4v) is 2.29. The number of nitrogens with zero attached hydrogens (tertiary/aromatic N) is 2. The van der Waals surface area contributed by atoms with Crippen molar-refractivity contribution in [1.29, 1.82) is 0 Å². The van der Waals surface area contributed by atoms with Crippen LogP contribution in [0.4, 0.5) is 4.39 Å². The Hall–Kier alpha value is -2.95. The SMILES string of the molecule is Cc1ccc(F)cc1C(=O)NCc1cnn(-c2ccccc2)c1. The molecule has 1 N–H and O–H groups in total. The monoisotopic (exact) mass is 309 g/mol. The van der Waals surface area contributed by atoms with Gasteiger partial charge in [0, 0.05) is 23.9 Å². The molecule has 0 saturated heterocycles. The van der Waals surface area contributed by atoms with Gasteiger partial charge in [0.1, 0.15) is 5.82 Å². The molecule has 0 unspecified atom stereocenters. The smallest absolute Gasteiger partial charge is 0.251 e. The van der Waals surface area contributed by atoms with Gasteiger partial charge in [-0.25, -0.2) is 9.07 Å². The van der Waals surface area contributed by atoms with E-state index in [4.69, 9.17) is 0 Å². The van der Waals surface area contributed by atoms with Crippen molar-refractivity contribution in [2.75, 3.05) is 0 Å². The summed E-state index contributed by atoms with van der Waals surface area (Å²) in [6.07, 6.45) is 3.56. The Morgan fingerprint density at radius 1 is 1.22 bits per heavy atom. The molecule has 0 radical (unpaired) electrons. The van der Waals surface area contributed by atoms with Crippen LogP contribution < -0.4 is 5.32 Å². The third-order valence-electron chi connectivity index (χ3n) is 3.55. The standard InChI is InChI=1S/C18H16FN3O/c1-13-7-8-15(19)9-17(13)18(23)20-10-14-11-21-22(12-14)16-5-3-2-4-6-16/h2-9,11-12H,10H2,1H3,(H,20,23). The lowest BCUT2D eigenvalue weighted by atomic mass is 10.1. The van der Waals surface area contributed by atoms with Crippen molar-refractivity contribution >= 4 is 5.91 Å². The van der Waals surface area contributed by atoms with E-state index in [0.29, 0.717) is 12.1 Å². The summed E-state index contributed by atoms with van der Waals surface area (Å²) in [5, 5.41) is 7.06. The Bertz CT molecular complexity index is 827. The first kappa shape index (κ1) is 15.0. The summed E-state index contributed by atoms with van der Waals surface area (Å²) in [6, 6.07) is 13.9. The van der Waals surface area contributed by atoms with Crippen molar-refractivity contribution in [3.05, 3.63) is 83.4 Å².